The summed E-state index contributed by atoms with van der Waals surface area (Å²) < 4.78 is 7.81. The zero-order valence-electron chi connectivity index (χ0n) is 12.8. The van der Waals surface area contributed by atoms with Gasteiger partial charge in [0.1, 0.15) is 18.2 Å². The fraction of sp³-hybridized carbons (Fsp3) is 0.438. The van der Waals surface area contributed by atoms with Crippen molar-refractivity contribution in [3.05, 3.63) is 47.0 Å². The maximum absolute atomic E-state index is 6.29. The fourth-order valence-corrected chi connectivity index (χ4v) is 2.47. The number of imidazole rings is 1. The van der Waals surface area contributed by atoms with Crippen LogP contribution >= 0.6 is 11.6 Å². The second-order valence-corrected chi connectivity index (χ2v) is 5.39. The van der Waals surface area contributed by atoms with Crippen molar-refractivity contribution in [2.24, 2.45) is 0 Å². The molecule has 2 aromatic rings. The molecule has 2 rings (SSSR count). The lowest BCUT2D eigenvalue weighted by Crippen LogP contribution is -2.17. The Morgan fingerprint density at radius 3 is 2.86 bits per heavy atom. The molecule has 0 aliphatic heterocycles. The van der Waals surface area contributed by atoms with Crippen LogP contribution in [0.3, 0.4) is 0 Å². The SMILES string of the molecule is CCNC(C)c1ccc(OCCn2ccnc2C)c(Cl)c1. The third-order valence-electron chi connectivity index (χ3n) is 3.48. The Bertz CT molecular complexity index is 583. The van der Waals surface area contributed by atoms with Crippen molar-refractivity contribution in [3.63, 3.8) is 0 Å². The zero-order chi connectivity index (χ0) is 15.2. The summed E-state index contributed by atoms with van der Waals surface area (Å²) in [6, 6.07) is 6.24. The number of benzene rings is 1. The molecule has 1 atom stereocenters. The summed E-state index contributed by atoms with van der Waals surface area (Å²) in [5.74, 6) is 1.71. The molecule has 4 nitrogen and oxygen atoms in total. The number of nitrogens with zero attached hydrogens (tertiary/aromatic N) is 2. The van der Waals surface area contributed by atoms with Gasteiger partial charge in [-0.05, 0) is 38.1 Å². The van der Waals surface area contributed by atoms with E-state index in [2.05, 4.69) is 34.8 Å². The molecule has 1 heterocycles. The van der Waals surface area contributed by atoms with Crippen LogP contribution in [-0.4, -0.2) is 22.7 Å². The van der Waals surface area contributed by atoms with E-state index in [1.54, 1.807) is 6.20 Å². The van der Waals surface area contributed by atoms with Gasteiger partial charge in [0.2, 0.25) is 0 Å². The lowest BCUT2D eigenvalue weighted by Gasteiger charge is -2.15. The number of hydrogen-bond acceptors (Lipinski definition) is 3. The lowest BCUT2D eigenvalue weighted by atomic mass is 10.1. The molecule has 0 amide bonds. The quantitative estimate of drug-likeness (QED) is 0.849. The first-order valence-corrected chi connectivity index (χ1v) is 7.63. The molecule has 0 fully saturated rings. The van der Waals surface area contributed by atoms with Crippen LogP contribution in [0.4, 0.5) is 0 Å². The summed E-state index contributed by atoms with van der Waals surface area (Å²) in [7, 11) is 0. The molecule has 1 aromatic heterocycles. The minimum atomic E-state index is 0.287. The van der Waals surface area contributed by atoms with E-state index >= 15 is 0 Å². The van der Waals surface area contributed by atoms with Gasteiger partial charge in [-0.1, -0.05) is 24.6 Å². The fourth-order valence-electron chi connectivity index (χ4n) is 2.22. The van der Waals surface area contributed by atoms with E-state index in [9.17, 15) is 0 Å². The second kappa shape index (κ2) is 7.48. The van der Waals surface area contributed by atoms with Crippen LogP contribution in [0.2, 0.25) is 5.02 Å². The first kappa shape index (κ1) is 15.9. The van der Waals surface area contributed by atoms with Crippen LogP contribution in [0.25, 0.3) is 0 Å². The second-order valence-electron chi connectivity index (χ2n) is 4.99. The standard InChI is InChI=1S/C16H22ClN3O/c1-4-18-12(2)14-5-6-16(15(17)11-14)21-10-9-20-8-7-19-13(20)3/h5-8,11-12,18H,4,9-10H2,1-3H3. The number of ether oxygens (including phenoxy) is 1. The largest absolute Gasteiger partial charge is 0.490 e. The first-order chi connectivity index (χ1) is 10.1. The lowest BCUT2D eigenvalue weighted by molar-refractivity contribution is 0.297. The van der Waals surface area contributed by atoms with Crippen LogP contribution in [0, 0.1) is 6.92 Å². The smallest absolute Gasteiger partial charge is 0.137 e. The van der Waals surface area contributed by atoms with Crippen molar-refractivity contribution in [1.82, 2.24) is 14.9 Å². The molecule has 5 heteroatoms. The minimum absolute atomic E-state index is 0.287. The molecule has 1 aromatic carbocycles. The summed E-state index contributed by atoms with van der Waals surface area (Å²) in [6.07, 6.45) is 3.74. The van der Waals surface area contributed by atoms with Crippen molar-refractivity contribution in [2.45, 2.75) is 33.4 Å². The predicted octanol–water partition coefficient (Wildman–Crippen LogP) is 3.59. The summed E-state index contributed by atoms with van der Waals surface area (Å²) in [4.78, 5) is 4.18. The van der Waals surface area contributed by atoms with E-state index in [0.29, 0.717) is 11.6 Å². The molecule has 0 radical (unpaired) electrons. The Balaban J connectivity index is 1.93. The number of aromatic nitrogens is 2. The number of nitrogens with one attached hydrogen (secondary N) is 1. The highest BCUT2D eigenvalue weighted by molar-refractivity contribution is 6.32. The van der Waals surface area contributed by atoms with E-state index in [1.807, 2.05) is 25.3 Å². The number of aryl methyl sites for hydroxylation is 1. The molecule has 0 spiro atoms. The van der Waals surface area contributed by atoms with Crippen molar-refractivity contribution < 1.29 is 4.74 Å². The molecule has 21 heavy (non-hydrogen) atoms. The van der Waals surface area contributed by atoms with Gasteiger partial charge >= 0.3 is 0 Å². The number of halogens is 1. The van der Waals surface area contributed by atoms with Gasteiger partial charge in [0.25, 0.3) is 0 Å². The first-order valence-electron chi connectivity index (χ1n) is 7.25. The van der Waals surface area contributed by atoms with E-state index in [4.69, 9.17) is 16.3 Å². The summed E-state index contributed by atoms with van der Waals surface area (Å²) in [5.41, 5.74) is 1.17. The third-order valence-corrected chi connectivity index (χ3v) is 3.78. The maximum Gasteiger partial charge on any atom is 0.137 e. The van der Waals surface area contributed by atoms with Gasteiger partial charge in [0.05, 0.1) is 11.6 Å². The maximum atomic E-state index is 6.29. The average molecular weight is 308 g/mol. The molecule has 0 bridgehead atoms. The van der Waals surface area contributed by atoms with Gasteiger partial charge in [-0.2, -0.15) is 0 Å². The molecule has 1 unspecified atom stereocenters. The zero-order valence-corrected chi connectivity index (χ0v) is 13.5. The van der Waals surface area contributed by atoms with Crippen molar-refractivity contribution in [2.75, 3.05) is 13.2 Å². The Hall–Kier alpha value is -1.52. The molecule has 0 aliphatic rings. The Morgan fingerprint density at radius 2 is 2.24 bits per heavy atom. The number of hydrogen-bond donors (Lipinski definition) is 1. The predicted molar refractivity (Wildman–Crippen MR) is 86.0 cm³/mol. The highest BCUT2D eigenvalue weighted by Gasteiger charge is 2.08. The molecule has 114 valence electrons. The van der Waals surface area contributed by atoms with E-state index in [1.165, 1.54) is 5.56 Å². The van der Waals surface area contributed by atoms with Crippen molar-refractivity contribution in [3.8, 4) is 5.75 Å². The van der Waals surface area contributed by atoms with E-state index in [0.717, 1.165) is 24.7 Å². The van der Waals surface area contributed by atoms with Crippen LogP contribution in [0.5, 0.6) is 5.75 Å². The molecule has 0 saturated heterocycles. The Kier molecular flexibility index (Phi) is 5.65. The summed E-state index contributed by atoms with van der Waals surface area (Å²) >= 11 is 6.29. The third kappa shape index (κ3) is 4.22. The monoisotopic (exact) mass is 307 g/mol. The molecule has 0 saturated carbocycles. The number of rotatable bonds is 7. The van der Waals surface area contributed by atoms with E-state index in [-0.39, 0.29) is 6.04 Å². The van der Waals surface area contributed by atoms with Gasteiger partial charge in [-0.3, -0.25) is 0 Å². The normalized spacial score (nSPS) is 12.4. The molecule has 1 N–H and O–H groups in total. The van der Waals surface area contributed by atoms with Gasteiger partial charge in [-0.25, -0.2) is 4.98 Å². The van der Waals surface area contributed by atoms with Gasteiger partial charge in [0.15, 0.2) is 0 Å². The topological polar surface area (TPSA) is 39.1 Å². The highest BCUT2D eigenvalue weighted by Crippen LogP contribution is 2.27. The molecular formula is C16H22ClN3O. The van der Waals surface area contributed by atoms with Gasteiger partial charge in [-0.15, -0.1) is 0 Å². The average Bonchev–Trinajstić information content (AvgIpc) is 2.86. The minimum Gasteiger partial charge on any atom is -0.490 e. The summed E-state index contributed by atoms with van der Waals surface area (Å²) in [6.45, 7) is 8.45. The molecule has 0 aliphatic carbocycles. The Labute approximate surface area is 131 Å². The van der Waals surface area contributed by atoms with Gasteiger partial charge in [0, 0.05) is 18.4 Å². The van der Waals surface area contributed by atoms with Crippen LogP contribution in [0.15, 0.2) is 30.6 Å². The Morgan fingerprint density at radius 1 is 1.43 bits per heavy atom. The van der Waals surface area contributed by atoms with Crippen LogP contribution in [-0.2, 0) is 6.54 Å². The van der Waals surface area contributed by atoms with Crippen molar-refractivity contribution in [1.29, 1.82) is 0 Å². The van der Waals surface area contributed by atoms with Crippen molar-refractivity contribution >= 4 is 11.6 Å². The molecular weight excluding hydrogens is 286 g/mol. The summed E-state index contributed by atoms with van der Waals surface area (Å²) in [5, 5.41) is 4.02. The highest BCUT2D eigenvalue weighted by atomic mass is 35.5. The van der Waals surface area contributed by atoms with Crippen LogP contribution in [0.1, 0.15) is 31.3 Å². The van der Waals surface area contributed by atoms with Gasteiger partial charge < -0.3 is 14.6 Å². The van der Waals surface area contributed by atoms with E-state index < -0.39 is 0 Å². The van der Waals surface area contributed by atoms with Crippen LogP contribution < -0.4 is 10.1 Å².